The van der Waals surface area contributed by atoms with Crippen molar-refractivity contribution >= 4 is 51.3 Å². The van der Waals surface area contributed by atoms with Gasteiger partial charge in [-0.2, -0.15) is 4.39 Å². The molecule has 0 radical (unpaired) electrons. The molecule has 0 aliphatic carbocycles. The molecule has 0 spiro atoms. The van der Waals surface area contributed by atoms with Gasteiger partial charge in [-0.25, -0.2) is 15.0 Å². The average Bonchev–Trinajstić information content (AvgIpc) is 3.90. The van der Waals surface area contributed by atoms with E-state index in [4.69, 9.17) is 9.72 Å². The zero-order chi connectivity index (χ0) is 45.3. The summed E-state index contributed by atoms with van der Waals surface area (Å²) in [6.45, 7) is 9.04. The number of imidazole rings is 1. The summed E-state index contributed by atoms with van der Waals surface area (Å²) in [6, 6.07) is 21.9. The number of rotatable bonds is 12. The van der Waals surface area contributed by atoms with Gasteiger partial charge in [-0.15, -0.1) is 0 Å². The molecular formula is C50H58FN11O4. The molecule has 16 heteroatoms. The third-order valence-electron chi connectivity index (χ3n) is 14.3. The van der Waals surface area contributed by atoms with Crippen molar-refractivity contribution in [2.24, 2.45) is 13.0 Å². The van der Waals surface area contributed by atoms with Crippen LogP contribution in [0.15, 0.2) is 72.9 Å². The molecule has 15 nitrogen and oxygen atoms in total. The molecule has 6 aromatic rings. The number of nitrogens with one attached hydrogen (secondary N) is 3. The molecule has 4 fully saturated rings. The van der Waals surface area contributed by atoms with Gasteiger partial charge in [-0.05, 0) is 122 Å². The third-order valence-corrected chi connectivity index (χ3v) is 14.3. The highest BCUT2D eigenvalue weighted by atomic mass is 19.1. The Morgan fingerprint density at radius 1 is 0.864 bits per heavy atom. The molecule has 4 aliphatic rings. The summed E-state index contributed by atoms with van der Waals surface area (Å²) in [5, 5.41) is 6.33. The normalized spacial score (nSPS) is 19.5. The van der Waals surface area contributed by atoms with E-state index < -0.39 is 17.9 Å². The molecule has 1 unspecified atom stereocenters. The molecule has 66 heavy (non-hydrogen) atoms. The summed E-state index contributed by atoms with van der Waals surface area (Å²) in [5.41, 5.74) is 8.66. The van der Waals surface area contributed by atoms with Crippen LogP contribution in [0, 0.1) is 11.9 Å². The van der Waals surface area contributed by atoms with Gasteiger partial charge in [-0.1, -0.05) is 18.2 Å². The summed E-state index contributed by atoms with van der Waals surface area (Å²) in [7, 11) is 3.79. The van der Waals surface area contributed by atoms with Crippen molar-refractivity contribution in [2.75, 3.05) is 76.2 Å². The van der Waals surface area contributed by atoms with E-state index in [2.05, 4.69) is 94.4 Å². The number of piperazine rings is 1. The lowest BCUT2D eigenvalue weighted by Crippen LogP contribution is -2.49. The van der Waals surface area contributed by atoms with Gasteiger partial charge in [0.05, 0.1) is 16.7 Å². The summed E-state index contributed by atoms with van der Waals surface area (Å²) in [6.07, 6.45) is 6.54. The highest BCUT2D eigenvalue weighted by Gasteiger charge is 2.30. The SMILES string of the molecule is COCc1nc2ccc(-c3ccnc4c3cc(CN3CCC(c5ccc(C(=O)N6CCC(CN7CCN(c8ccc(NC9CCC(=O)NC9=O)c(F)n8)CC7)CC6)cc5)CC3)n4C)cc2[nH]1. The van der Waals surface area contributed by atoms with E-state index in [-0.39, 0.29) is 23.9 Å². The van der Waals surface area contributed by atoms with Gasteiger partial charge >= 0.3 is 0 Å². The van der Waals surface area contributed by atoms with Crippen LogP contribution in [0.2, 0.25) is 0 Å². The van der Waals surface area contributed by atoms with Gasteiger partial charge in [0, 0.05) is 95.8 Å². The highest BCUT2D eigenvalue weighted by molar-refractivity contribution is 6.01. The minimum Gasteiger partial charge on any atom is -0.377 e. The lowest BCUT2D eigenvalue weighted by molar-refractivity contribution is -0.133. The Labute approximate surface area is 383 Å². The first-order valence-electron chi connectivity index (χ1n) is 23.4. The van der Waals surface area contributed by atoms with Crippen molar-refractivity contribution in [3.63, 3.8) is 0 Å². The van der Waals surface area contributed by atoms with Crippen molar-refractivity contribution in [1.29, 1.82) is 0 Å². The number of anilines is 2. The highest BCUT2D eigenvalue weighted by Crippen LogP contribution is 2.34. The van der Waals surface area contributed by atoms with Crippen LogP contribution >= 0.6 is 0 Å². The van der Waals surface area contributed by atoms with E-state index >= 15 is 0 Å². The number of imide groups is 1. The molecule has 2 aromatic carbocycles. The van der Waals surface area contributed by atoms with Crippen molar-refractivity contribution in [1.82, 2.24) is 44.5 Å². The van der Waals surface area contributed by atoms with Crippen LogP contribution in [-0.2, 0) is 34.5 Å². The molecule has 3 amide bonds. The maximum atomic E-state index is 15.0. The number of hydrogen-bond donors (Lipinski definition) is 3. The number of benzene rings is 2. The maximum absolute atomic E-state index is 15.0. The van der Waals surface area contributed by atoms with Crippen molar-refractivity contribution in [2.45, 2.75) is 63.6 Å². The number of amides is 3. The first-order valence-corrected chi connectivity index (χ1v) is 23.4. The number of carbonyl (C=O) groups excluding carboxylic acids is 3. The third kappa shape index (κ3) is 9.26. The Morgan fingerprint density at radius 2 is 1.65 bits per heavy atom. The lowest BCUT2D eigenvalue weighted by Gasteiger charge is -2.39. The maximum Gasteiger partial charge on any atom is 0.253 e. The molecule has 3 N–H and O–H groups in total. The number of halogens is 1. The molecule has 344 valence electrons. The number of pyridine rings is 2. The van der Waals surface area contributed by atoms with E-state index in [1.807, 2.05) is 23.2 Å². The summed E-state index contributed by atoms with van der Waals surface area (Å²) < 4.78 is 22.5. The fraction of sp³-hybridized carbons (Fsp3) is 0.440. The number of piperidine rings is 3. The number of aryl methyl sites for hydroxylation is 1. The standard InChI is InChI=1S/C50H58FN11O4/c1-58-37(28-39-38(13-18-52-48(39)58)36-7-8-40-43(27-36)55-44(54-40)31-66-2)30-59-19-16-34(17-20-59)33-3-5-35(6-4-33)50(65)62-21-14-32(15-22-62)29-60-23-25-61(26-24-60)45-11-9-41(47(51)56-45)53-42-10-12-46(63)57-49(42)64/h3-9,11,13,18,27-28,32,34,42,53H,10,12,14-17,19-26,29-31H2,1-2H3,(H,54,55)(H,57,63,64). The van der Waals surface area contributed by atoms with Gasteiger partial charge in [0.2, 0.25) is 17.8 Å². The Hall–Kier alpha value is -6.23. The minimum absolute atomic E-state index is 0.118. The number of H-pyrrole nitrogens is 1. The number of likely N-dealkylation sites (tertiary alicyclic amines) is 2. The Balaban J connectivity index is 0.666. The quantitative estimate of drug-likeness (QED) is 0.0969. The van der Waals surface area contributed by atoms with Crippen molar-refractivity contribution in [3.05, 3.63) is 102 Å². The first kappa shape index (κ1) is 43.7. The Kier molecular flexibility index (Phi) is 12.5. The number of ether oxygens (including phenoxy) is 1. The van der Waals surface area contributed by atoms with Crippen LogP contribution in [0.4, 0.5) is 15.9 Å². The molecule has 4 aliphatic heterocycles. The fourth-order valence-corrected chi connectivity index (χ4v) is 10.4. The largest absolute Gasteiger partial charge is 0.377 e. The summed E-state index contributed by atoms with van der Waals surface area (Å²) >= 11 is 0. The number of aromatic nitrogens is 5. The van der Waals surface area contributed by atoms with E-state index in [1.54, 1.807) is 19.2 Å². The first-order chi connectivity index (χ1) is 32.1. The number of aromatic amines is 1. The van der Waals surface area contributed by atoms with Gasteiger partial charge in [-0.3, -0.25) is 29.5 Å². The molecular weight excluding hydrogens is 838 g/mol. The van der Waals surface area contributed by atoms with Crippen LogP contribution in [-0.4, -0.2) is 129 Å². The van der Waals surface area contributed by atoms with Crippen LogP contribution in [0.1, 0.15) is 71.9 Å². The number of carbonyl (C=O) groups is 3. The topological polar surface area (TPSA) is 157 Å². The molecule has 4 aromatic heterocycles. The monoisotopic (exact) mass is 895 g/mol. The number of methoxy groups -OCH3 is 1. The molecule has 4 saturated heterocycles. The van der Waals surface area contributed by atoms with E-state index in [0.717, 1.165) is 136 Å². The summed E-state index contributed by atoms with van der Waals surface area (Å²) in [5.74, 6) is 1.09. The number of fused-ring (bicyclic) bond motifs is 2. The predicted molar refractivity (Wildman–Crippen MR) is 251 cm³/mol. The van der Waals surface area contributed by atoms with Crippen molar-refractivity contribution < 1.29 is 23.5 Å². The zero-order valence-electron chi connectivity index (χ0n) is 37.8. The van der Waals surface area contributed by atoms with Crippen LogP contribution < -0.4 is 15.5 Å². The van der Waals surface area contributed by atoms with Crippen LogP contribution in [0.25, 0.3) is 33.2 Å². The van der Waals surface area contributed by atoms with E-state index in [0.29, 0.717) is 30.7 Å². The van der Waals surface area contributed by atoms with E-state index in [9.17, 15) is 18.8 Å². The lowest BCUT2D eigenvalue weighted by atomic mass is 9.88. The Morgan fingerprint density at radius 3 is 2.39 bits per heavy atom. The molecule has 0 saturated carbocycles. The van der Waals surface area contributed by atoms with Gasteiger partial charge in [0.15, 0.2) is 0 Å². The van der Waals surface area contributed by atoms with Crippen LogP contribution in [0.3, 0.4) is 0 Å². The average molecular weight is 896 g/mol. The number of hydrogen-bond acceptors (Lipinski definition) is 11. The minimum atomic E-state index is -0.664. The predicted octanol–water partition coefficient (Wildman–Crippen LogP) is 6.07. The zero-order valence-corrected chi connectivity index (χ0v) is 37.8. The molecule has 10 rings (SSSR count). The smallest absolute Gasteiger partial charge is 0.253 e. The van der Waals surface area contributed by atoms with Gasteiger partial charge in [0.1, 0.15) is 29.9 Å². The summed E-state index contributed by atoms with van der Waals surface area (Å²) in [4.78, 5) is 63.3. The van der Waals surface area contributed by atoms with Gasteiger partial charge < -0.3 is 29.4 Å². The second-order valence-electron chi connectivity index (χ2n) is 18.5. The molecule has 8 heterocycles. The van der Waals surface area contributed by atoms with Crippen molar-refractivity contribution in [3.8, 4) is 11.1 Å². The number of nitrogens with zero attached hydrogens (tertiary/aromatic N) is 8. The fourth-order valence-electron chi connectivity index (χ4n) is 10.4. The Bertz CT molecular complexity index is 2730. The van der Waals surface area contributed by atoms with Crippen LogP contribution in [0.5, 0.6) is 0 Å². The second kappa shape index (κ2) is 18.9. The van der Waals surface area contributed by atoms with Gasteiger partial charge in [0.25, 0.3) is 5.91 Å². The molecule has 1 atom stereocenters. The van der Waals surface area contributed by atoms with E-state index in [1.165, 1.54) is 11.3 Å². The molecule has 0 bridgehead atoms. The second-order valence-corrected chi connectivity index (χ2v) is 18.5.